The third-order valence-corrected chi connectivity index (χ3v) is 7.28. The number of nitrogens with one attached hydrogen (secondary N) is 2. The van der Waals surface area contributed by atoms with E-state index < -0.39 is 15.8 Å². The number of ether oxygens (including phenoxy) is 1. The highest BCUT2D eigenvalue weighted by molar-refractivity contribution is 7.92. The van der Waals surface area contributed by atoms with Crippen LogP contribution >= 0.6 is 0 Å². The zero-order valence-corrected chi connectivity index (χ0v) is 21.0. The lowest BCUT2D eigenvalue weighted by molar-refractivity contribution is 0.413. The summed E-state index contributed by atoms with van der Waals surface area (Å²) >= 11 is 0. The number of pyridine rings is 2. The van der Waals surface area contributed by atoms with Gasteiger partial charge >= 0.3 is 0 Å². The number of aromatic amines is 1. The summed E-state index contributed by atoms with van der Waals surface area (Å²) in [6.45, 7) is 1.73. The number of hydrogen-bond donors (Lipinski definition) is 2. The van der Waals surface area contributed by atoms with E-state index in [2.05, 4.69) is 24.7 Å². The number of nitrogens with zero attached hydrogens (tertiary/aromatic N) is 3. The normalized spacial score (nSPS) is 11.5. The minimum absolute atomic E-state index is 0.0280. The van der Waals surface area contributed by atoms with Gasteiger partial charge in [0.15, 0.2) is 5.65 Å². The Morgan fingerprint density at radius 2 is 1.78 bits per heavy atom. The molecule has 2 aromatic carbocycles. The molecule has 0 aliphatic heterocycles. The summed E-state index contributed by atoms with van der Waals surface area (Å²) in [7, 11) is -2.32. The highest BCUT2D eigenvalue weighted by Gasteiger charge is 2.17. The van der Waals surface area contributed by atoms with Crippen molar-refractivity contribution in [1.29, 1.82) is 0 Å². The van der Waals surface area contributed by atoms with Crippen molar-refractivity contribution >= 4 is 26.9 Å². The molecular weight excluding hydrogens is 493 g/mol. The summed E-state index contributed by atoms with van der Waals surface area (Å²) < 4.78 is 47.2. The molecule has 0 amide bonds. The number of H-pyrrole nitrogens is 1. The molecule has 10 heteroatoms. The van der Waals surface area contributed by atoms with Gasteiger partial charge in [-0.25, -0.2) is 22.8 Å². The van der Waals surface area contributed by atoms with E-state index >= 15 is 0 Å². The molecule has 0 spiro atoms. The van der Waals surface area contributed by atoms with Crippen LogP contribution in [0, 0.1) is 12.7 Å². The largest absolute Gasteiger partial charge is 0.497 e. The van der Waals surface area contributed by atoms with Crippen molar-refractivity contribution in [2.45, 2.75) is 24.7 Å². The van der Waals surface area contributed by atoms with Crippen LogP contribution < -0.4 is 9.46 Å². The number of anilines is 1. The van der Waals surface area contributed by atoms with Crippen molar-refractivity contribution in [3.8, 4) is 16.9 Å². The fraction of sp³-hybridized carbons (Fsp3) is 0.148. The Hall–Kier alpha value is -4.31. The summed E-state index contributed by atoms with van der Waals surface area (Å²) in [5.41, 5.74) is 4.48. The molecule has 0 radical (unpaired) electrons. The number of rotatable bonds is 8. The first-order valence-corrected chi connectivity index (χ1v) is 13.0. The van der Waals surface area contributed by atoms with Gasteiger partial charge in [0, 0.05) is 36.1 Å². The first-order chi connectivity index (χ1) is 17.8. The average Bonchev–Trinajstić information content (AvgIpc) is 3.31. The molecule has 3 heterocycles. The van der Waals surface area contributed by atoms with Crippen molar-refractivity contribution in [3.05, 3.63) is 96.0 Å². The molecule has 3 aromatic heterocycles. The molecular formula is C27H24FN5O3S. The topological polar surface area (TPSA) is 110 Å². The quantitative estimate of drug-likeness (QED) is 0.298. The van der Waals surface area contributed by atoms with Gasteiger partial charge in [-0.3, -0.25) is 9.71 Å². The van der Waals surface area contributed by atoms with E-state index in [1.54, 1.807) is 50.7 Å². The Bertz CT molecular complexity index is 1680. The molecule has 2 N–H and O–H groups in total. The number of methoxy groups -OCH3 is 1. The van der Waals surface area contributed by atoms with Gasteiger partial charge in [-0.15, -0.1) is 0 Å². The summed E-state index contributed by atoms with van der Waals surface area (Å²) in [6, 6.07) is 16.3. The Labute approximate surface area is 213 Å². The van der Waals surface area contributed by atoms with Crippen LogP contribution in [0.5, 0.6) is 5.75 Å². The van der Waals surface area contributed by atoms with Crippen molar-refractivity contribution in [1.82, 2.24) is 19.9 Å². The first kappa shape index (κ1) is 24.4. The molecule has 5 aromatic rings. The molecule has 188 valence electrons. The monoisotopic (exact) mass is 517 g/mol. The molecule has 8 nitrogen and oxygen atoms in total. The Morgan fingerprint density at radius 3 is 2.54 bits per heavy atom. The van der Waals surface area contributed by atoms with E-state index in [1.165, 1.54) is 24.3 Å². The maximum absolute atomic E-state index is 14.1. The van der Waals surface area contributed by atoms with Gasteiger partial charge in [0.1, 0.15) is 17.4 Å². The number of aryl methyl sites for hydroxylation is 3. The molecule has 0 aliphatic carbocycles. The number of benzene rings is 2. The highest BCUT2D eigenvalue weighted by atomic mass is 32.2. The fourth-order valence-corrected chi connectivity index (χ4v) is 4.99. The van der Waals surface area contributed by atoms with Crippen LogP contribution in [0.15, 0.2) is 78.0 Å². The second-order valence-electron chi connectivity index (χ2n) is 8.58. The number of sulfonamides is 1. The van der Waals surface area contributed by atoms with Gasteiger partial charge in [-0.2, -0.15) is 0 Å². The predicted octanol–water partition coefficient (Wildman–Crippen LogP) is 5.06. The minimum atomic E-state index is -3.95. The van der Waals surface area contributed by atoms with Crippen LogP contribution in [-0.4, -0.2) is 35.5 Å². The first-order valence-electron chi connectivity index (χ1n) is 11.5. The van der Waals surface area contributed by atoms with Gasteiger partial charge in [0.2, 0.25) is 0 Å². The second kappa shape index (κ2) is 9.98. The second-order valence-corrected chi connectivity index (χ2v) is 10.3. The maximum atomic E-state index is 14.1. The van der Waals surface area contributed by atoms with Gasteiger partial charge < -0.3 is 9.72 Å². The van der Waals surface area contributed by atoms with E-state index in [1.807, 2.05) is 12.1 Å². The number of halogens is 1. The Morgan fingerprint density at radius 1 is 0.973 bits per heavy atom. The fourth-order valence-electron chi connectivity index (χ4n) is 3.93. The lowest BCUT2D eigenvalue weighted by atomic mass is 10.1. The molecule has 0 atom stereocenters. The molecule has 0 aliphatic rings. The number of aromatic nitrogens is 4. The van der Waals surface area contributed by atoms with Crippen LogP contribution in [0.2, 0.25) is 0 Å². The Balaban J connectivity index is 1.31. The number of hydrogen-bond acceptors (Lipinski definition) is 6. The average molecular weight is 518 g/mol. The van der Waals surface area contributed by atoms with Crippen LogP contribution in [0.4, 0.5) is 10.1 Å². The van der Waals surface area contributed by atoms with Crippen LogP contribution in [0.3, 0.4) is 0 Å². The van der Waals surface area contributed by atoms with Gasteiger partial charge in [0.05, 0.1) is 23.2 Å². The number of imidazole rings is 1. The molecule has 0 saturated carbocycles. The molecule has 0 saturated heterocycles. The number of fused-ring (bicyclic) bond motifs is 1. The van der Waals surface area contributed by atoms with E-state index in [0.717, 1.165) is 33.9 Å². The highest BCUT2D eigenvalue weighted by Crippen LogP contribution is 2.25. The smallest absolute Gasteiger partial charge is 0.261 e. The Kier molecular flexibility index (Phi) is 6.58. The third-order valence-electron chi connectivity index (χ3n) is 5.90. The van der Waals surface area contributed by atoms with Gasteiger partial charge in [0.25, 0.3) is 10.0 Å². The van der Waals surface area contributed by atoms with Gasteiger partial charge in [-0.05, 0) is 60.9 Å². The van der Waals surface area contributed by atoms with Crippen LogP contribution in [-0.2, 0) is 22.9 Å². The van der Waals surface area contributed by atoms with Crippen molar-refractivity contribution in [2.24, 2.45) is 0 Å². The maximum Gasteiger partial charge on any atom is 0.261 e. The molecule has 37 heavy (non-hydrogen) atoms. The van der Waals surface area contributed by atoms with E-state index in [9.17, 15) is 12.8 Å². The summed E-state index contributed by atoms with van der Waals surface area (Å²) in [5.74, 6) is 0.927. The van der Waals surface area contributed by atoms with Crippen molar-refractivity contribution in [3.63, 3.8) is 0 Å². The summed E-state index contributed by atoms with van der Waals surface area (Å²) in [4.78, 5) is 16.7. The minimum Gasteiger partial charge on any atom is -0.497 e. The van der Waals surface area contributed by atoms with E-state index in [4.69, 9.17) is 4.74 Å². The SMILES string of the molecule is COc1ccnc(CCc2nc3ncc(-c4ccc(S(=O)(=O)Nc5ccc(C)cc5F)cc4)cc3[nH]2)c1. The molecule has 0 bridgehead atoms. The molecule has 5 rings (SSSR count). The van der Waals surface area contributed by atoms with Crippen molar-refractivity contribution < 1.29 is 17.5 Å². The van der Waals surface area contributed by atoms with Crippen LogP contribution in [0.1, 0.15) is 17.1 Å². The third kappa shape index (κ3) is 5.44. The predicted molar refractivity (Wildman–Crippen MR) is 139 cm³/mol. The van der Waals surface area contributed by atoms with E-state index in [-0.39, 0.29) is 10.6 Å². The van der Waals surface area contributed by atoms with Crippen LogP contribution in [0.25, 0.3) is 22.3 Å². The molecule has 0 fully saturated rings. The lowest BCUT2D eigenvalue weighted by Gasteiger charge is -2.10. The molecule has 0 unspecified atom stereocenters. The standard InChI is InChI=1S/C27H24FN5O3S/c1-17-3-9-24(23(28)13-17)33-37(34,35)22-7-4-18(5-8-22)19-14-25-27(30-16-19)32-26(31-25)10-6-20-15-21(36-2)11-12-29-20/h3-5,7-9,11-16,33H,6,10H2,1-2H3,(H,30,31,32). The lowest BCUT2D eigenvalue weighted by Crippen LogP contribution is -2.14. The summed E-state index contributed by atoms with van der Waals surface area (Å²) in [6.07, 6.45) is 4.77. The zero-order valence-electron chi connectivity index (χ0n) is 20.2. The van der Waals surface area contributed by atoms with E-state index in [0.29, 0.717) is 24.1 Å². The van der Waals surface area contributed by atoms with Crippen molar-refractivity contribution in [2.75, 3.05) is 11.8 Å². The summed E-state index contributed by atoms with van der Waals surface area (Å²) in [5, 5.41) is 0. The van der Waals surface area contributed by atoms with Gasteiger partial charge in [-0.1, -0.05) is 18.2 Å². The zero-order chi connectivity index (χ0) is 26.0.